The minimum Gasteiger partial charge on any atom is -0.382 e. The molecule has 66 valence electrons. The van der Waals surface area contributed by atoms with Gasteiger partial charge in [0, 0.05) is 6.04 Å². The van der Waals surface area contributed by atoms with E-state index in [4.69, 9.17) is 22.7 Å². The summed E-state index contributed by atoms with van der Waals surface area (Å²) in [6.45, 7) is 3.91. The minimum absolute atomic E-state index is 0.0498. The van der Waals surface area contributed by atoms with Gasteiger partial charge in [0.1, 0.15) is 11.5 Å². The van der Waals surface area contributed by atoms with Gasteiger partial charge in [0.05, 0.1) is 11.2 Å². The molecule has 4 nitrogen and oxygen atoms in total. The molecular weight excluding hydrogens is 176 g/mol. The average Bonchev–Trinajstić information content (AvgIpc) is 2.30. The molecule has 1 aromatic heterocycles. The first-order valence-electron chi connectivity index (χ1n) is 3.61. The van der Waals surface area contributed by atoms with Gasteiger partial charge < -0.3 is 5.73 Å². The van der Waals surface area contributed by atoms with Crippen LogP contribution in [0.1, 0.15) is 25.6 Å². The Labute approximate surface area is 75.8 Å². The lowest BCUT2D eigenvalue weighted by Crippen LogP contribution is -2.19. The van der Waals surface area contributed by atoms with Gasteiger partial charge in [-0.1, -0.05) is 11.6 Å². The molecule has 0 radical (unpaired) electrons. The van der Waals surface area contributed by atoms with Gasteiger partial charge in [-0.3, -0.25) is 10.1 Å². The van der Waals surface area contributed by atoms with Gasteiger partial charge in [-0.15, -0.1) is 0 Å². The Morgan fingerprint density at radius 1 is 1.75 bits per heavy atom. The van der Waals surface area contributed by atoms with Crippen LogP contribution < -0.4 is 5.73 Å². The van der Waals surface area contributed by atoms with Gasteiger partial charge in [0.25, 0.3) is 0 Å². The van der Waals surface area contributed by atoms with E-state index in [1.54, 1.807) is 4.68 Å². The van der Waals surface area contributed by atoms with Crippen LogP contribution in [0.25, 0.3) is 0 Å². The highest BCUT2D eigenvalue weighted by molar-refractivity contribution is 6.33. The molecule has 0 aliphatic heterocycles. The number of nitrogens with zero attached hydrogens (tertiary/aromatic N) is 2. The van der Waals surface area contributed by atoms with Gasteiger partial charge in [-0.2, -0.15) is 5.10 Å². The Morgan fingerprint density at radius 3 is 2.67 bits per heavy atom. The quantitative estimate of drug-likeness (QED) is 0.542. The Kier molecular flexibility index (Phi) is 2.38. The number of aromatic nitrogens is 2. The zero-order chi connectivity index (χ0) is 9.30. The third-order valence-electron chi connectivity index (χ3n) is 1.50. The topological polar surface area (TPSA) is 67.7 Å². The molecule has 0 atom stereocenters. The van der Waals surface area contributed by atoms with Crippen LogP contribution in [-0.2, 0) is 0 Å². The second-order valence-electron chi connectivity index (χ2n) is 2.79. The normalized spacial score (nSPS) is 10.7. The highest BCUT2D eigenvalue weighted by atomic mass is 35.5. The van der Waals surface area contributed by atoms with Crippen molar-refractivity contribution in [2.75, 3.05) is 0 Å². The summed E-state index contributed by atoms with van der Waals surface area (Å²) in [5.41, 5.74) is 5.83. The number of nitrogen functional groups attached to an aromatic ring is 1. The number of halogens is 1. The Bertz CT molecular complexity index is 302. The summed E-state index contributed by atoms with van der Waals surface area (Å²) in [7, 11) is 0. The van der Waals surface area contributed by atoms with E-state index in [2.05, 4.69) is 5.10 Å². The van der Waals surface area contributed by atoms with E-state index in [0.717, 1.165) is 0 Å². The van der Waals surface area contributed by atoms with E-state index < -0.39 is 0 Å². The smallest absolute Gasteiger partial charge is 0.143 e. The van der Waals surface area contributed by atoms with Crippen LogP contribution in [0.4, 0.5) is 0 Å². The summed E-state index contributed by atoms with van der Waals surface area (Å²) in [6, 6.07) is 0.163. The van der Waals surface area contributed by atoms with Crippen molar-refractivity contribution in [2.45, 2.75) is 19.9 Å². The summed E-state index contributed by atoms with van der Waals surface area (Å²) < 4.78 is 1.63. The van der Waals surface area contributed by atoms with Crippen molar-refractivity contribution in [2.24, 2.45) is 5.73 Å². The molecule has 0 aliphatic rings. The first-order valence-corrected chi connectivity index (χ1v) is 3.99. The zero-order valence-corrected chi connectivity index (χ0v) is 7.76. The van der Waals surface area contributed by atoms with Gasteiger partial charge in [0.2, 0.25) is 0 Å². The zero-order valence-electron chi connectivity index (χ0n) is 7.00. The summed E-state index contributed by atoms with van der Waals surface area (Å²) in [5, 5.41) is 11.7. The largest absolute Gasteiger partial charge is 0.382 e. The molecule has 0 aliphatic carbocycles. The van der Waals surface area contributed by atoms with Crippen molar-refractivity contribution in [3.8, 4) is 0 Å². The number of amidine groups is 1. The third kappa shape index (κ3) is 1.43. The fourth-order valence-corrected chi connectivity index (χ4v) is 1.22. The molecular formula is C7H11ClN4. The molecule has 12 heavy (non-hydrogen) atoms. The average molecular weight is 187 g/mol. The van der Waals surface area contributed by atoms with Gasteiger partial charge >= 0.3 is 0 Å². The lowest BCUT2D eigenvalue weighted by Gasteiger charge is -2.09. The maximum absolute atomic E-state index is 7.26. The summed E-state index contributed by atoms with van der Waals surface area (Å²) in [5.74, 6) is -0.0498. The fourth-order valence-electron chi connectivity index (χ4n) is 0.985. The number of rotatable bonds is 2. The van der Waals surface area contributed by atoms with E-state index in [1.807, 2.05) is 13.8 Å². The molecule has 3 N–H and O–H groups in total. The molecule has 0 bridgehead atoms. The summed E-state index contributed by atoms with van der Waals surface area (Å²) in [4.78, 5) is 0. The second-order valence-corrected chi connectivity index (χ2v) is 3.20. The molecule has 5 heteroatoms. The molecule has 0 unspecified atom stereocenters. The van der Waals surface area contributed by atoms with Gasteiger partial charge in [-0.05, 0) is 13.8 Å². The van der Waals surface area contributed by atoms with Gasteiger partial charge in [0.15, 0.2) is 0 Å². The van der Waals surface area contributed by atoms with Crippen molar-refractivity contribution in [1.29, 1.82) is 5.41 Å². The number of nitrogens with two attached hydrogens (primary N) is 1. The van der Waals surface area contributed by atoms with E-state index in [0.29, 0.717) is 10.7 Å². The lowest BCUT2D eigenvalue weighted by atomic mass is 10.3. The van der Waals surface area contributed by atoms with Crippen LogP contribution in [0.5, 0.6) is 0 Å². The van der Waals surface area contributed by atoms with Crippen molar-refractivity contribution in [3.05, 3.63) is 16.9 Å². The molecule has 0 saturated heterocycles. The van der Waals surface area contributed by atoms with Crippen molar-refractivity contribution in [1.82, 2.24) is 9.78 Å². The molecule has 0 saturated carbocycles. The molecule has 1 aromatic rings. The van der Waals surface area contributed by atoms with E-state index in [9.17, 15) is 0 Å². The predicted molar refractivity (Wildman–Crippen MR) is 48.6 cm³/mol. The third-order valence-corrected chi connectivity index (χ3v) is 1.77. The summed E-state index contributed by atoms with van der Waals surface area (Å²) in [6.07, 6.45) is 1.50. The molecule has 0 aromatic carbocycles. The van der Waals surface area contributed by atoms with Crippen LogP contribution >= 0.6 is 11.6 Å². The fraction of sp³-hybridized carbons (Fsp3) is 0.429. The molecule has 0 spiro atoms. The molecule has 0 amide bonds. The van der Waals surface area contributed by atoms with Crippen molar-refractivity contribution < 1.29 is 0 Å². The van der Waals surface area contributed by atoms with E-state index >= 15 is 0 Å². The van der Waals surface area contributed by atoms with E-state index in [-0.39, 0.29) is 11.9 Å². The number of hydrogen-bond acceptors (Lipinski definition) is 2. The predicted octanol–water partition coefficient (Wildman–Crippen LogP) is 1.40. The first-order chi connectivity index (χ1) is 5.54. The van der Waals surface area contributed by atoms with Gasteiger partial charge in [-0.25, -0.2) is 0 Å². The van der Waals surface area contributed by atoms with Crippen LogP contribution in [-0.4, -0.2) is 15.6 Å². The Morgan fingerprint density at radius 2 is 2.33 bits per heavy atom. The number of nitrogens with one attached hydrogen (secondary N) is 1. The SMILES string of the molecule is CC(C)n1ncc(Cl)c1C(=N)N. The van der Waals surface area contributed by atoms with Crippen LogP contribution in [0, 0.1) is 5.41 Å². The van der Waals surface area contributed by atoms with Crippen molar-refractivity contribution in [3.63, 3.8) is 0 Å². The molecule has 1 rings (SSSR count). The first kappa shape index (κ1) is 9.06. The van der Waals surface area contributed by atoms with Crippen molar-refractivity contribution >= 4 is 17.4 Å². The minimum atomic E-state index is -0.0498. The van der Waals surface area contributed by atoms with Crippen LogP contribution in [0.2, 0.25) is 5.02 Å². The Hall–Kier alpha value is -1.03. The highest BCUT2D eigenvalue weighted by Crippen LogP contribution is 2.17. The standard InChI is InChI=1S/C7H11ClN4/c1-4(2)12-6(7(9)10)5(8)3-11-12/h3-4H,1-2H3,(H3,9,10). The van der Waals surface area contributed by atoms with Crippen LogP contribution in [0.3, 0.4) is 0 Å². The summed E-state index contributed by atoms with van der Waals surface area (Å²) >= 11 is 5.78. The molecule has 0 fully saturated rings. The molecule has 1 heterocycles. The highest BCUT2D eigenvalue weighted by Gasteiger charge is 2.13. The lowest BCUT2D eigenvalue weighted by molar-refractivity contribution is 0.528. The Balaban J connectivity index is 3.21. The maximum atomic E-state index is 7.26. The maximum Gasteiger partial charge on any atom is 0.143 e. The second kappa shape index (κ2) is 3.15. The van der Waals surface area contributed by atoms with Crippen LogP contribution in [0.15, 0.2) is 6.20 Å². The van der Waals surface area contributed by atoms with E-state index in [1.165, 1.54) is 6.20 Å². The monoisotopic (exact) mass is 186 g/mol. The number of hydrogen-bond donors (Lipinski definition) is 2.